The summed E-state index contributed by atoms with van der Waals surface area (Å²) in [7, 11) is 1.78. The fourth-order valence-electron chi connectivity index (χ4n) is 2.09. The van der Waals surface area contributed by atoms with Gasteiger partial charge in [0.15, 0.2) is 0 Å². The van der Waals surface area contributed by atoms with Crippen molar-refractivity contribution >= 4 is 22.9 Å². The van der Waals surface area contributed by atoms with Crippen molar-refractivity contribution < 1.29 is 4.79 Å². The lowest BCUT2D eigenvalue weighted by molar-refractivity contribution is 0.0771. The van der Waals surface area contributed by atoms with Gasteiger partial charge in [-0.05, 0) is 26.8 Å². The minimum Gasteiger partial charge on any atom is -0.397 e. The Morgan fingerprint density at radius 1 is 1.55 bits per heavy atom. The molecule has 0 atom stereocenters. The summed E-state index contributed by atoms with van der Waals surface area (Å²) >= 11 is 1.59. The number of rotatable bonds is 4. The number of anilines is 1. The van der Waals surface area contributed by atoms with E-state index in [9.17, 15) is 4.79 Å². The van der Waals surface area contributed by atoms with Gasteiger partial charge in [-0.1, -0.05) is 0 Å². The summed E-state index contributed by atoms with van der Waals surface area (Å²) in [4.78, 5) is 18.6. The molecule has 0 radical (unpaired) electrons. The third-order valence-corrected chi connectivity index (χ3v) is 3.88. The molecule has 6 heteroatoms. The highest BCUT2D eigenvalue weighted by Gasteiger charge is 2.19. The maximum Gasteiger partial charge on any atom is 0.270 e. The first-order valence-electron chi connectivity index (χ1n) is 6.52. The van der Waals surface area contributed by atoms with Crippen molar-refractivity contribution in [2.75, 3.05) is 12.8 Å². The lowest BCUT2D eigenvalue weighted by Crippen LogP contribution is -2.28. The van der Waals surface area contributed by atoms with Crippen molar-refractivity contribution in [2.45, 2.75) is 33.4 Å². The monoisotopic (exact) mass is 292 g/mol. The zero-order valence-electron chi connectivity index (χ0n) is 12.3. The number of amides is 1. The predicted octanol–water partition coefficient (Wildman–Crippen LogP) is 2.69. The number of hydrogen-bond donors (Lipinski definition) is 1. The molecule has 0 bridgehead atoms. The first kappa shape index (κ1) is 14.6. The van der Waals surface area contributed by atoms with Crippen LogP contribution in [0.3, 0.4) is 0 Å². The van der Waals surface area contributed by atoms with Crippen molar-refractivity contribution in [3.05, 3.63) is 34.0 Å². The average Bonchev–Trinajstić information content (AvgIpc) is 2.94. The van der Waals surface area contributed by atoms with Gasteiger partial charge in [0, 0.05) is 24.7 Å². The zero-order valence-corrected chi connectivity index (χ0v) is 13.1. The van der Waals surface area contributed by atoms with Gasteiger partial charge in [-0.2, -0.15) is 0 Å². The number of hydrogen-bond acceptors (Lipinski definition) is 4. The molecule has 2 rings (SSSR count). The number of carbonyl (C=O) groups excluding carboxylic acids is 1. The molecule has 108 valence electrons. The lowest BCUT2D eigenvalue weighted by atomic mass is 10.3. The maximum absolute atomic E-state index is 12.5. The van der Waals surface area contributed by atoms with Crippen LogP contribution in [-0.4, -0.2) is 27.4 Å². The van der Waals surface area contributed by atoms with Crippen LogP contribution in [-0.2, 0) is 6.54 Å². The largest absolute Gasteiger partial charge is 0.397 e. The van der Waals surface area contributed by atoms with Gasteiger partial charge in [0.1, 0.15) is 5.69 Å². The third-order valence-electron chi connectivity index (χ3n) is 3.06. The molecule has 0 aliphatic heterocycles. The molecular formula is C14H20N4OS. The normalized spacial score (nSPS) is 11.1. The fraction of sp³-hybridized carbons (Fsp3) is 0.429. The van der Waals surface area contributed by atoms with Gasteiger partial charge in [0.25, 0.3) is 5.91 Å². The molecular weight excluding hydrogens is 272 g/mol. The number of aryl methyl sites for hydroxylation is 1. The van der Waals surface area contributed by atoms with Crippen LogP contribution in [0, 0.1) is 6.92 Å². The van der Waals surface area contributed by atoms with E-state index in [4.69, 9.17) is 5.73 Å². The fourth-order valence-corrected chi connectivity index (χ4v) is 2.69. The molecule has 5 nitrogen and oxygen atoms in total. The average molecular weight is 292 g/mol. The highest BCUT2D eigenvalue weighted by Crippen LogP contribution is 2.19. The minimum atomic E-state index is -0.0407. The van der Waals surface area contributed by atoms with Crippen LogP contribution in [0.2, 0.25) is 0 Å². The highest BCUT2D eigenvalue weighted by molar-refractivity contribution is 7.09. The van der Waals surface area contributed by atoms with Crippen molar-refractivity contribution in [3.63, 3.8) is 0 Å². The van der Waals surface area contributed by atoms with Crippen LogP contribution < -0.4 is 5.73 Å². The van der Waals surface area contributed by atoms with Gasteiger partial charge >= 0.3 is 0 Å². The molecule has 2 heterocycles. The van der Waals surface area contributed by atoms with E-state index in [-0.39, 0.29) is 11.9 Å². The zero-order chi connectivity index (χ0) is 14.9. The summed E-state index contributed by atoms with van der Waals surface area (Å²) in [6.45, 7) is 6.52. The van der Waals surface area contributed by atoms with Crippen LogP contribution in [0.5, 0.6) is 0 Å². The van der Waals surface area contributed by atoms with Crippen LogP contribution in [0.25, 0.3) is 0 Å². The summed E-state index contributed by atoms with van der Waals surface area (Å²) in [5.74, 6) is -0.0407. The lowest BCUT2D eigenvalue weighted by Gasteiger charge is -2.18. The van der Waals surface area contributed by atoms with Crippen molar-refractivity contribution in [1.29, 1.82) is 0 Å². The van der Waals surface area contributed by atoms with Gasteiger partial charge < -0.3 is 15.2 Å². The van der Waals surface area contributed by atoms with Crippen LogP contribution in [0.15, 0.2) is 17.6 Å². The Morgan fingerprint density at radius 2 is 2.25 bits per heavy atom. The molecule has 0 saturated carbocycles. The van der Waals surface area contributed by atoms with Crippen molar-refractivity contribution in [1.82, 2.24) is 14.5 Å². The second-order valence-corrected chi connectivity index (χ2v) is 6.24. The van der Waals surface area contributed by atoms with Crippen molar-refractivity contribution in [3.8, 4) is 0 Å². The number of nitrogens with zero attached hydrogens (tertiary/aromatic N) is 3. The number of nitrogen functional groups attached to an aromatic ring is 1. The smallest absolute Gasteiger partial charge is 0.270 e. The topological polar surface area (TPSA) is 64.2 Å². The first-order chi connectivity index (χ1) is 9.38. The molecule has 0 fully saturated rings. The summed E-state index contributed by atoms with van der Waals surface area (Å²) in [5, 5.41) is 2.99. The Morgan fingerprint density at radius 3 is 2.80 bits per heavy atom. The molecule has 0 spiro atoms. The van der Waals surface area contributed by atoms with Crippen LogP contribution >= 0.6 is 11.3 Å². The Balaban J connectivity index is 2.18. The molecule has 1 amide bonds. The standard InChI is InChI=1S/C14H20N4OS/c1-9(2)18-6-11(15)5-13(18)14(19)17(4)7-12-8-20-10(3)16-12/h5-6,8-9H,7,15H2,1-4H3. The second kappa shape index (κ2) is 5.66. The summed E-state index contributed by atoms with van der Waals surface area (Å²) < 4.78 is 1.90. The van der Waals surface area contributed by atoms with E-state index >= 15 is 0 Å². The van der Waals surface area contributed by atoms with Crippen LogP contribution in [0.4, 0.5) is 5.69 Å². The van der Waals surface area contributed by atoms with Gasteiger partial charge in [0.05, 0.1) is 22.9 Å². The van der Waals surface area contributed by atoms with Gasteiger partial charge in [-0.25, -0.2) is 4.98 Å². The van der Waals surface area contributed by atoms with E-state index in [1.165, 1.54) is 0 Å². The number of thiazole rings is 1. The molecule has 20 heavy (non-hydrogen) atoms. The molecule has 0 aliphatic carbocycles. The Labute approximate surface area is 123 Å². The SMILES string of the molecule is Cc1nc(CN(C)C(=O)c2cc(N)cn2C(C)C)cs1. The third kappa shape index (κ3) is 3.01. The molecule has 0 saturated heterocycles. The van der Waals surface area contributed by atoms with Crippen molar-refractivity contribution in [2.24, 2.45) is 0 Å². The van der Waals surface area contributed by atoms with E-state index in [0.29, 0.717) is 17.9 Å². The predicted molar refractivity (Wildman–Crippen MR) is 81.9 cm³/mol. The molecule has 2 N–H and O–H groups in total. The Kier molecular flexibility index (Phi) is 4.13. The van der Waals surface area contributed by atoms with E-state index in [2.05, 4.69) is 4.98 Å². The van der Waals surface area contributed by atoms with Gasteiger partial charge in [-0.15, -0.1) is 11.3 Å². The highest BCUT2D eigenvalue weighted by atomic mass is 32.1. The number of aromatic nitrogens is 2. The Hall–Kier alpha value is -1.82. The summed E-state index contributed by atoms with van der Waals surface area (Å²) in [6.07, 6.45) is 1.80. The molecule has 2 aromatic rings. The maximum atomic E-state index is 12.5. The molecule has 2 aromatic heterocycles. The van der Waals surface area contributed by atoms with E-state index in [0.717, 1.165) is 10.7 Å². The van der Waals surface area contributed by atoms with Gasteiger partial charge in [0.2, 0.25) is 0 Å². The first-order valence-corrected chi connectivity index (χ1v) is 7.40. The molecule has 0 aliphatic rings. The number of carbonyl (C=O) groups is 1. The second-order valence-electron chi connectivity index (χ2n) is 5.18. The summed E-state index contributed by atoms with van der Waals surface area (Å²) in [6, 6.07) is 1.92. The van der Waals surface area contributed by atoms with Crippen LogP contribution in [0.1, 0.15) is 41.1 Å². The van der Waals surface area contributed by atoms with E-state index in [1.54, 1.807) is 35.5 Å². The van der Waals surface area contributed by atoms with Gasteiger partial charge in [-0.3, -0.25) is 4.79 Å². The van der Waals surface area contributed by atoms with E-state index < -0.39 is 0 Å². The minimum absolute atomic E-state index is 0.0407. The molecule has 0 unspecified atom stereocenters. The molecule has 0 aromatic carbocycles. The summed E-state index contributed by atoms with van der Waals surface area (Å²) in [5.41, 5.74) is 7.95. The number of nitrogens with two attached hydrogens (primary N) is 1. The Bertz CT molecular complexity index is 614. The quantitative estimate of drug-likeness (QED) is 0.942. The van der Waals surface area contributed by atoms with E-state index in [1.807, 2.05) is 30.7 Å².